The average Bonchev–Trinajstić information content (AvgIpc) is 3.27. The number of likely N-dealkylation sites (tertiary alicyclic amines) is 1. The van der Waals surface area contributed by atoms with Crippen LogP contribution in [-0.4, -0.2) is 48.3 Å². The molecule has 1 saturated heterocycles. The Morgan fingerprint density at radius 1 is 1.31 bits per heavy atom. The smallest absolute Gasteiger partial charge is 0.222 e. The van der Waals surface area contributed by atoms with E-state index in [1.807, 2.05) is 36.9 Å². The maximum absolute atomic E-state index is 12.6. The van der Waals surface area contributed by atoms with Crippen molar-refractivity contribution in [3.63, 3.8) is 0 Å². The monoisotopic (exact) mass is 357 g/mol. The van der Waals surface area contributed by atoms with Crippen LogP contribution in [0.4, 0.5) is 0 Å². The van der Waals surface area contributed by atoms with Gasteiger partial charge in [0.1, 0.15) is 11.5 Å². The van der Waals surface area contributed by atoms with E-state index in [1.54, 1.807) is 14.2 Å². The topological polar surface area (TPSA) is 67.5 Å². The molecule has 1 aliphatic heterocycles. The molecule has 0 radical (unpaired) electrons. The molecule has 0 saturated carbocycles. The number of rotatable bonds is 6. The fourth-order valence-electron chi connectivity index (χ4n) is 3.56. The Balaban J connectivity index is 1.63. The third-order valence-corrected chi connectivity index (χ3v) is 5.35. The van der Waals surface area contributed by atoms with E-state index in [1.165, 1.54) is 0 Å². The van der Waals surface area contributed by atoms with Crippen molar-refractivity contribution >= 4 is 5.91 Å². The van der Waals surface area contributed by atoms with Crippen LogP contribution in [0.3, 0.4) is 0 Å². The number of amides is 1. The lowest BCUT2D eigenvalue weighted by molar-refractivity contribution is -0.130. The zero-order valence-electron chi connectivity index (χ0n) is 16.0. The van der Waals surface area contributed by atoms with Gasteiger partial charge in [0.05, 0.1) is 19.9 Å². The van der Waals surface area contributed by atoms with Gasteiger partial charge in [0.25, 0.3) is 0 Å². The number of ether oxygens (including phenoxy) is 2. The summed E-state index contributed by atoms with van der Waals surface area (Å²) in [6.45, 7) is 5.54. The van der Waals surface area contributed by atoms with Gasteiger partial charge < -0.3 is 14.4 Å². The molecular weight excluding hydrogens is 330 g/mol. The number of nitrogens with zero attached hydrogens (tertiary/aromatic N) is 2. The molecule has 6 nitrogen and oxygen atoms in total. The molecule has 3 rings (SSSR count). The average molecular weight is 357 g/mol. The Kier molecular flexibility index (Phi) is 5.49. The molecule has 1 aliphatic rings. The lowest BCUT2D eigenvalue weighted by Gasteiger charge is -2.18. The molecule has 0 spiro atoms. The summed E-state index contributed by atoms with van der Waals surface area (Å²) >= 11 is 0. The quantitative estimate of drug-likeness (QED) is 0.863. The van der Waals surface area contributed by atoms with Gasteiger partial charge in [0, 0.05) is 43.1 Å². The van der Waals surface area contributed by atoms with Crippen LogP contribution < -0.4 is 9.47 Å². The molecule has 2 heterocycles. The van der Waals surface area contributed by atoms with Gasteiger partial charge in [-0.25, -0.2) is 0 Å². The summed E-state index contributed by atoms with van der Waals surface area (Å²) in [6, 6.07) is 5.85. The zero-order valence-corrected chi connectivity index (χ0v) is 16.0. The van der Waals surface area contributed by atoms with Crippen LogP contribution >= 0.6 is 0 Å². The minimum atomic E-state index is 0.189. The van der Waals surface area contributed by atoms with Gasteiger partial charge in [-0.3, -0.25) is 9.89 Å². The standard InChI is InChI=1S/C20H27N3O3/c1-13-14(2)21-22-18(13)6-8-20(24)23-10-9-15(12-23)17-11-16(25-3)5-7-19(17)26-4/h5,7,11,15H,6,8-10,12H2,1-4H3,(H,21,22)/t15-/m1/s1. The van der Waals surface area contributed by atoms with E-state index in [-0.39, 0.29) is 11.8 Å². The number of H-pyrrole nitrogens is 1. The fourth-order valence-corrected chi connectivity index (χ4v) is 3.56. The highest BCUT2D eigenvalue weighted by molar-refractivity contribution is 5.77. The number of hydrogen-bond donors (Lipinski definition) is 1. The number of carbonyl (C=O) groups excluding carboxylic acids is 1. The number of methoxy groups -OCH3 is 2. The number of aromatic amines is 1. The SMILES string of the molecule is COc1ccc(OC)c([C@@H]2CCN(C(=O)CCc3n[nH]c(C)c3C)C2)c1. The van der Waals surface area contributed by atoms with Crippen molar-refractivity contribution in [2.75, 3.05) is 27.3 Å². The number of nitrogens with one attached hydrogen (secondary N) is 1. The zero-order chi connectivity index (χ0) is 18.7. The normalized spacial score (nSPS) is 16.8. The van der Waals surface area contributed by atoms with Gasteiger partial charge in [-0.1, -0.05) is 0 Å². The number of aromatic nitrogens is 2. The maximum Gasteiger partial charge on any atom is 0.222 e. The van der Waals surface area contributed by atoms with Crippen molar-refractivity contribution < 1.29 is 14.3 Å². The summed E-state index contributed by atoms with van der Waals surface area (Å²) in [5.41, 5.74) is 4.32. The highest BCUT2D eigenvalue weighted by Crippen LogP contribution is 2.36. The Morgan fingerprint density at radius 2 is 2.12 bits per heavy atom. The summed E-state index contributed by atoms with van der Waals surface area (Å²) in [5.74, 6) is 2.13. The minimum absolute atomic E-state index is 0.189. The summed E-state index contributed by atoms with van der Waals surface area (Å²) in [4.78, 5) is 14.6. The molecule has 1 atom stereocenters. The van der Waals surface area contributed by atoms with Crippen LogP contribution in [0, 0.1) is 13.8 Å². The van der Waals surface area contributed by atoms with E-state index < -0.39 is 0 Å². The van der Waals surface area contributed by atoms with Crippen LogP contribution in [0.2, 0.25) is 0 Å². The third kappa shape index (κ3) is 3.69. The molecule has 1 N–H and O–H groups in total. The van der Waals surface area contributed by atoms with Crippen LogP contribution in [0.1, 0.15) is 41.3 Å². The van der Waals surface area contributed by atoms with Crippen LogP contribution in [0.25, 0.3) is 0 Å². The van der Waals surface area contributed by atoms with E-state index in [2.05, 4.69) is 10.2 Å². The molecule has 0 bridgehead atoms. The van der Waals surface area contributed by atoms with Gasteiger partial charge in [-0.15, -0.1) is 0 Å². The van der Waals surface area contributed by atoms with Crippen molar-refractivity contribution in [1.82, 2.24) is 15.1 Å². The first-order valence-electron chi connectivity index (χ1n) is 9.03. The highest BCUT2D eigenvalue weighted by atomic mass is 16.5. The summed E-state index contributed by atoms with van der Waals surface area (Å²) in [5, 5.41) is 7.27. The van der Waals surface area contributed by atoms with Crippen LogP contribution in [-0.2, 0) is 11.2 Å². The molecule has 1 aromatic heterocycles. The predicted octanol–water partition coefficient (Wildman–Crippen LogP) is 2.99. The summed E-state index contributed by atoms with van der Waals surface area (Å²) in [6.07, 6.45) is 2.11. The number of aryl methyl sites for hydroxylation is 2. The van der Waals surface area contributed by atoms with Crippen LogP contribution in [0.5, 0.6) is 11.5 Å². The van der Waals surface area contributed by atoms with Crippen molar-refractivity contribution in [1.29, 1.82) is 0 Å². The maximum atomic E-state index is 12.6. The first-order valence-corrected chi connectivity index (χ1v) is 9.03. The molecular formula is C20H27N3O3. The minimum Gasteiger partial charge on any atom is -0.497 e. The summed E-state index contributed by atoms with van der Waals surface area (Å²) < 4.78 is 10.8. The lowest BCUT2D eigenvalue weighted by Crippen LogP contribution is -2.28. The molecule has 0 aliphatic carbocycles. The second-order valence-electron chi connectivity index (χ2n) is 6.85. The van der Waals surface area contributed by atoms with Crippen molar-refractivity contribution in [2.24, 2.45) is 0 Å². The largest absolute Gasteiger partial charge is 0.497 e. The van der Waals surface area contributed by atoms with Gasteiger partial charge in [-0.2, -0.15) is 5.10 Å². The first-order chi connectivity index (χ1) is 12.5. The lowest BCUT2D eigenvalue weighted by atomic mass is 9.97. The van der Waals surface area contributed by atoms with Gasteiger partial charge in [0.2, 0.25) is 5.91 Å². The van der Waals surface area contributed by atoms with Gasteiger partial charge in [0.15, 0.2) is 0 Å². The van der Waals surface area contributed by atoms with E-state index in [0.717, 1.165) is 53.5 Å². The number of carbonyl (C=O) groups is 1. The first kappa shape index (κ1) is 18.3. The predicted molar refractivity (Wildman–Crippen MR) is 99.9 cm³/mol. The molecule has 1 aromatic carbocycles. The molecule has 26 heavy (non-hydrogen) atoms. The van der Waals surface area contributed by atoms with E-state index >= 15 is 0 Å². The van der Waals surface area contributed by atoms with E-state index in [0.29, 0.717) is 12.8 Å². The molecule has 2 aromatic rings. The van der Waals surface area contributed by atoms with Crippen molar-refractivity contribution in [3.05, 3.63) is 40.7 Å². The third-order valence-electron chi connectivity index (χ3n) is 5.35. The number of hydrogen-bond acceptors (Lipinski definition) is 4. The Bertz CT molecular complexity index is 785. The van der Waals surface area contributed by atoms with E-state index in [4.69, 9.17) is 9.47 Å². The second kappa shape index (κ2) is 7.81. The second-order valence-corrected chi connectivity index (χ2v) is 6.85. The van der Waals surface area contributed by atoms with Crippen molar-refractivity contribution in [3.8, 4) is 11.5 Å². The van der Waals surface area contributed by atoms with Crippen molar-refractivity contribution in [2.45, 2.75) is 39.0 Å². The van der Waals surface area contributed by atoms with Crippen LogP contribution in [0.15, 0.2) is 18.2 Å². The van der Waals surface area contributed by atoms with Gasteiger partial charge >= 0.3 is 0 Å². The molecule has 140 valence electrons. The Labute approximate surface area is 154 Å². The fraction of sp³-hybridized carbons (Fsp3) is 0.500. The van der Waals surface area contributed by atoms with Gasteiger partial charge in [-0.05, 0) is 44.0 Å². The molecule has 1 amide bonds. The molecule has 1 fully saturated rings. The van der Waals surface area contributed by atoms with E-state index in [9.17, 15) is 4.79 Å². The molecule has 6 heteroatoms. The summed E-state index contributed by atoms with van der Waals surface area (Å²) in [7, 11) is 3.34. The Hall–Kier alpha value is -2.50. The highest BCUT2D eigenvalue weighted by Gasteiger charge is 2.29. The Morgan fingerprint density at radius 3 is 2.77 bits per heavy atom. The number of benzene rings is 1. The molecule has 0 unspecified atom stereocenters.